The maximum atomic E-state index is 12.6. The Hall–Kier alpha value is -1.01. The Bertz CT molecular complexity index is 213. The average molecular weight is 196 g/mol. The summed E-state index contributed by atoms with van der Waals surface area (Å²) in [5.41, 5.74) is 0. The van der Waals surface area contributed by atoms with E-state index in [4.69, 9.17) is 10.2 Å². The fourth-order valence-electron chi connectivity index (χ4n) is 0.510. The smallest absolute Gasteiger partial charge is 0.373 e. The van der Waals surface area contributed by atoms with E-state index in [-0.39, 0.29) is 12.7 Å². The molecule has 0 aromatic heterocycles. The molecule has 0 heterocycles. The Morgan fingerprint density at radius 1 is 1.62 bits per heavy atom. The molecule has 0 unspecified atom stereocenters. The summed E-state index contributed by atoms with van der Waals surface area (Å²) in [7, 11) is 0. The Morgan fingerprint density at radius 2 is 2.08 bits per heavy atom. The zero-order valence-electron chi connectivity index (χ0n) is 6.96. The molecule has 0 aromatic carbocycles. The van der Waals surface area contributed by atoms with Crippen molar-refractivity contribution >= 4 is 5.97 Å². The molecule has 0 fully saturated rings. The largest absolute Gasteiger partial charge is 0.462 e. The molecule has 0 radical (unpaired) electrons. The summed E-state index contributed by atoms with van der Waals surface area (Å²) in [6.45, 7) is 3.78. The standard InChI is InChI=1S/C7H10F2O4/c1-3-6(8,9)7(11,12)5(10)13-4-2/h3,11-12H,1,4H2,2H3. The molecule has 0 aliphatic rings. The number of esters is 1. The van der Waals surface area contributed by atoms with Gasteiger partial charge in [-0.05, 0) is 13.0 Å². The first-order valence-corrected chi connectivity index (χ1v) is 3.43. The molecular formula is C7H10F2O4. The first-order chi connectivity index (χ1) is 5.79. The van der Waals surface area contributed by atoms with Crippen LogP contribution in [0.5, 0.6) is 0 Å². The lowest BCUT2D eigenvalue weighted by atomic mass is 10.1. The molecule has 0 atom stereocenters. The van der Waals surface area contributed by atoms with Gasteiger partial charge in [0, 0.05) is 0 Å². The number of hydrogen-bond acceptors (Lipinski definition) is 4. The van der Waals surface area contributed by atoms with Crippen molar-refractivity contribution in [3.05, 3.63) is 12.7 Å². The zero-order chi connectivity index (χ0) is 10.7. The quantitative estimate of drug-likeness (QED) is 0.379. The van der Waals surface area contributed by atoms with Crippen LogP contribution in [0.3, 0.4) is 0 Å². The normalized spacial score (nSPS) is 12.4. The molecule has 0 rings (SSSR count). The molecule has 76 valence electrons. The van der Waals surface area contributed by atoms with E-state index >= 15 is 0 Å². The number of rotatable bonds is 4. The van der Waals surface area contributed by atoms with Crippen LogP contribution < -0.4 is 0 Å². The highest BCUT2D eigenvalue weighted by molar-refractivity contribution is 5.79. The molecule has 0 aliphatic heterocycles. The van der Waals surface area contributed by atoms with Gasteiger partial charge in [-0.1, -0.05) is 6.58 Å². The number of aliphatic hydroxyl groups is 2. The minimum Gasteiger partial charge on any atom is -0.462 e. The van der Waals surface area contributed by atoms with Gasteiger partial charge in [-0.2, -0.15) is 8.78 Å². The van der Waals surface area contributed by atoms with Gasteiger partial charge in [0.15, 0.2) is 0 Å². The fourth-order valence-corrected chi connectivity index (χ4v) is 0.510. The summed E-state index contributed by atoms with van der Waals surface area (Å²) in [4.78, 5) is 10.6. The summed E-state index contributed by atoms with van der Waals surface area (Å²) in [6, 6.07) is 0. The Morgan fingerprint density at radius 3 is 2.38 bits per heavy atom. The van der Waals surface area contributed by atoms with Crippen molar-refractivity contribution in [3.63, 3.8) is 0 Å². The molecule has 6 heteroatoms. The molecule has 13 heavy (non-hydrogen) atoms. The molecule has 2 N–H and O–H groups in total. The van der Waals surface area contributed by atoms with Gasteiger partial charge < -0.3 is 14.9 Å². The highest BCUT2D eigenvalue weighted by Gasteiger charge is 2.57. The first kappa shape index (κ1) is 12.0. The second-order valence-electron chi connectivity index (χ2n) is 2.22. The van der Waals surface area contributed by atoms with Crippen molar-refractivity contribution in [2.75, 3.05) is 6.61 Å². The topological polar surface area (TPSA) is 66.8 Å². The molecule has 0 aliphatic carbocycles. The number of carbonyl (C=O) groups excluding carboxylic acids is 1. The molecule has 0 spiro atoms. The van der Waals surface area contributed by atoms with Gasteiger partial charge in [-0.3, -0.25) is 0 Å². The third kappa shape index (κ3) is 2.22. The van der Waals surface area contributed by atoms with Gasteiger partial charge in [-0.25, -0.2) is 4.79 Å². The Labute approximate surface area is 73.4 Å². The lowest BCUT2D eigenvalue weighted by molar-refractivity contribution is -0.274. The van der Waals surface area contributed by atoms with E-state index in [1.807, 2.05) is 0 Å². The summed E-state index contributed by atoms with van der Waals surface area (Å²) in [6.07, 6.45) is -0.0378. The predicted octanol–water partition coefficient (Wildman–Crippen LogP) is 0.0517. The van der Waals surface area contributed by atoms with Crippen molar-refractivity contribution in [1.29, 1.82) is 0 Å². The SMILES string of the molecule is C=CC(F)(F)C(O)(O)C(=O)OCC. The number of halogens is 2. The van der Waals surface area contributed by atoms with Crippen LogP contribution >= 0.6 is 0 Å². The van der Waals surface area contributed by atoms with Gasteiger partial charge in [0.1, 0.15) is 0 Å². The predicted molar refractivity (Wildman–Crippen MR) is 38.9 cm³/mol. The van der Waals surface area contributed by atoms with Crippen LogP contribution in [-0.2, 0) is 9.53 Å². The molecule has 0 saturated carbocycles. The maximum Gasteiger partial charge on any atom is 0.373 e. The van der Waals surface area contributed by atoms with Crippen LogP contribution in [0.1, 0.15) is 6.92 Å². The van der Waals surface area contributed by atoms with E-state index in [0.29, 0.717) is 0 Å². The second-order valence-corrected chi connectivity index (χ2v) is 2.22. The number of hydrogen-bond donors (Lipinski definition) is 2. The number of ether oxygens (including phenoxy) is 1. The molecule has 4 nitrogen and oxygen atoms in total. The third-order valence-corrected chi connectivity index (χ3v) is 1.28. The average Bonchev–Trinajstić information content (AvgIpc) is 2.04. The third-order valence-electron chi connectivity index (χ3n) is 1.28. The van der Waals surface area contributed by atoms with Crippen molar-refractivity contribution in [3.8, 4) is 0 Å². The monoisotopic (exact) mass is 196 g/mol. The lowest BCUT2D eigenvalue weighted by Gasteiger charge is -2.25. The van der Waals surface area contributed by atoms with Crippen LogP contribution in [0.4, 0.5) is 8.78 Å². The van der Waals surface area contributed by atoms with Crippen LogP contribution in [-0.4, -0.2) is 34.5 Å². The number of alkyl halides is 2. The van der Waals surface area contributed by atoms with Crippen LogP contribution in [0.25, 0.3) is 0 Å². The highest BCUT2D eigenvalue weighted by atomic mass is 19.3. The summed E-state index contributed by atoms with van der Waals surface area (Å²) in [5, 5.41) is 17.4. The summed E-state index contributed by atoms with van der Waals surface area (Å²) < 4.78 is 29.2. The van der Waals surface area contributed by atoms with Gasteiger partial charge in [0.25, 0.3) is 0 Å². The van der Waals surface area contributed by atoms with E-state index in [0.717, 1.165) is 0 Å². The summed E-state index contributed by atoms with van der Waals surface area (Å²) >= 11 is 0. The minimum absolute atomic E-state index is 0.0378. The Balaban J connectivity index is 4.74. The van der Waals surface area contributed by atoms with Gasteiger partial charge >= 0.3 is 17.7 Å². The van der Waals surface area contributed by atoms with Crippen LogP contribution in [0, 0.1) is 0 Å². The molecule has 0 saturated heterocycles. The maximum absolute atomic E-state index is 12.6. The van der Waals surface area contributed by atoms with Crippen molar-refractivity contribution in [2.45, 2.75) is 18.6 Å². The second kappa shape index (κ2) is 3.80. The Kier molecular flexibility index (Phi) is 3.50. The molecule has 0 amide bonds. The van der Waals surface area contributed by atoms with Gasteiger partial charge in [0.05, 0.1) is 6.61 Å². The van der Waals surface area contributed by atoms with Gasteiger partial charge in [-0.15, -0.1) is 0 Å². The lowest BCUT2D eigenvalue weighted by Crippen LogP contribution is -2.54. The van der Waals surface area contributed by atoms with Crippen molar-refractivity contribution < 1.29 is 28.5 Å². The highest BCUT2D eigenvalue weighted by Crippen LogP contribution is 2.28. The summed E-state index contributed by atoms with van der Waals surface area (Å²) in [5.74, 6) is -9.80. The van der Waals surface area contributed by atoms with Gasteiger partial charge in [0.2, 0.25) is 0 Å². The van der Waals surface area contributed by atoms with Crippen LogP contribution in [0.2, 0.25) is 0 Å². The minimum atomic E-state index is -4.14. The van der Waals surface area contributed by atoms with Crippen molar-refractivity contribution in [2.24, 2.45) is 0 Å². The van der Waals surface area contributed by atoms with E-state index in [1.165, 1.54) is 6.92 Å². The van der Waals surface area contributed by atoms with E-state index in [1.54, 1.807) is 0 Å². The fraction of sp³-hybridized carbons (Fsp3) is 0.571. The van der Waals surface area contributed by atoms with Crippen LogP contribution in [0.15, 0.2) is 12.7 Å². The van der Waals surface area contributed by atoms with Crippen molar-refractivity contribution in [1.82, 2.24) is 0 Å². The molecule has 0 aromatic rings. The van der Waals surface area contributed by atoms with E-state index in [9.17, 15) is 13.6 Å². The zero-order valence-corrected chi connectivity index (χ0v) is 6.96. The van der Waals surface area contributed by atoms with E-state index in [2.05, 4.69) is 11.3 Å². The molecular weight excluding hydrogens is 186 g/mol. The molecule has 0 bridgehead atoms. The first-order valence-electron chi connectivity index (χ1n) is 3.43. The van der Waals surface area contributed by atoms with E-state index < -0.39 is 17.7 Å². The number of carbonyl (C=O) groups is 1.